The molecule has 2 aromatic carbocycles. The molecule has 0 spiro atoms. The van der Waals surface area contributed by atoms with Crippen LogP contribution in [0.2, 0.25) is 5.02 Å². The fraction of sp³-hybridized carbons (Fsp3) is 0.0588. The lowest BCUT2D eigenvalue weighted by Crippen LogP contribution is -2.23. The average molecular weight is 362 g/mol. The van der Waals surface area contributed by atoms with Crippen molar-refractivity contribution in [2.45, 2.75) is 6.54 Å². The van der Waals surface area contributed by atoms with E-state index >= 15 is 0 Å². The summed E-state index contributed by atoms with van der Waals surface area (Å²) in [6, 6.07) is 13.6. The van der Waals surface area contributed by atoms with E-state index in [0.717, 1.165) is 5.69 Å². The van der Waals surface area contributed by atoms with E-state index in [0.29, 0.717) is 16.4 Å². The summed E-state index contributed by atoms with van der Waals surface area (Å²) in [7, 11) is 0. The topological polar surface area (TPSA) is 54.0 Å². The summed E-state index contributed by atoms with van der Waals surface area (Å²) < 4.78 is 13.0. The van der Waals surface area contributed by atoms with Crippen LogP contribution >= 0.6 is 22.9 Å². The van der Waals surface area contributed by atoms with Gasteiger partial charge in [0.15, 0.2) is 5.13 Å². The first kappa shape index (κ1) is 16.4. The van der Waals surface area contributed by atoms with Gasteiger partial charge in [0.05, 0.1) is 0 Å². The van der Waals surface area contributed by atoms with Gasteiger partial charge in [-0.1, -0.05) is 35.9 Å². The summed E-state index contributed by atoms with van der Waals surface area (Å²) >= 11 is 7.28. The zero-order valence-electron chi connectivity index (χ0n) is 12.4. The Kier molecular flexibility index (Phi) is 5.08. The Labute approximate surface area is 147 Å². The van der Waals surface area contributed by atoms with Crippen LogP contribution in [0, 0.1) is 5.82 Å². The molecule has 1 heterocycles. The number of hydrogen-bond acceptors (Lipinski definition) is 4. The molecule has 0 fully saturated rings. The number of rotatable bonds is 5. The number of thiazole rings is 1. The van der Waals surface area contributed by atoms with E-state index in [-0.39, 0.29) is 17.5 Å². The predicted molar refractivity (Wildman–Crippen MR) is 94.4 cm³/mol. The Balaban J connectivity index is 1.61. The van der Waals surface area contributed by atoms with Gasteiger partial charge in [0.2, 0.25) is 0 Å². The number of anilines is 2. The molecule has 2 N–H and O–H groups in total. The van der Waals surface area contributed by atoms with E-state index in [9.17, 15) is 9.18 Å². The van der Waals surface area contributed by atoms with Crippen molar-refractivity contribution in [2.75, 3.05) is 5.32 Å². The number of carbonyl (C=O) groups excluding carboxylic acids is 1. The Morgan fingerprint density at radius 1 is 1.21 bits per heavy atom. The molecule has 0 unspecified atom stereocenters. The van der Waals surface area contributed by atoms with Gasteiger partial charge >= 0.3 is 0 Å². The van der Waals surface area contributed by atoms with Gasteiger partial charge in [0.1, 0.15) is 11.5 Å². The first-order chi connectivity index (χ1) is 11.6. The Morgan fingerprint density at radius 2 is 2.00 bits per heavy atom. The number of aromatic nitrogens is 1. The maximum atomic E-state index is 13.0. The lowest BCUT2D eigenvalue weighted by molar-refractivity contribution is 0.0946. The van der Waals surface area contributed by atoms with Crippen molar-refractivity contribution in [1.82, 2.24) is 10.3 Å². The van der Waals surface area contributed by atoms with Crippen LogP contribution in [0.4, 0.5) is 15.2 Å². The van der Waals surface area contributed by atoms with Crippen LogP contribution in [0.3, 0.4) is 0 Å². The lowest BCUT2D eigenvalue weighted by Gasteiger charge is -2.06. The van der Waals surface area contributed by atoms with Crippen molar-refractivity contribution in [3.05, 3.63) is 76.0 Å². The summed E-state index contributed by atoms with van der Waals surface area (Å²) in [6.07, 6.45) is 0. The molecule has 0 atom stereocenters. The van der Waals surface area contributed by atoms with E-state index < -0.39 is 5.82 Å². The summed E-state index contributed by atoms with van der Waals surface area (Å²) in [5, 5.41) is 8.44. The molecule has 0 saturated heterocycles. The van der Waals surface area contributed by atoms with Crippen LogP contribution in [-0.2, 0) is 6.54 Å². The zero-order valence-corrected chi connectivity index (χ0v) is 14.0. The number of para-hydroxylation sites is 1. The highest BCUT2D eigenvalue weighted by molar-refractivity contribution is 7.14. The highest BCUT2D eigenvalue weighted by Crippen LogP contribution is 2.21. The van der Waals surface area contributed by atoms with Gasteiger partial charge in [-0.15, -0.1) is 11.3 Å². The number of halogens is 2. The van der Waals surface area contributed by atoms with Gasteiger partial charge in [-0.05, 0) is 29.8 Å². The molecule has 4 nitrogen and oxygen atoms in total. The van der Waals surface area contributed by atoms with Gasteiger partial charge in [0, 0.05) is 22.6 Å². The van der Waals surface area contributed by atoms with Crippen LogP contribution < -0.4 is 10.6 Å². The lowest BCUT2D eigenvalue weighted by atomic mass is 10.2. The monoisotopic (exact) mass is 361 g/mol. The molecule has 3 rings (SSSR count). The number of nitrogens with one attached hydrogen (secondary N) is 2. The van der Waals surface area contributed by atoms with Crippen molar-refractivity contribution in [2.24, 2.45) is 0 Å². The molecule has 0 saturated carbocycles. The standard InChI is InChI=1S/C17H13ClFN3OS/c18-14-8-12(19)7-6-11(14)9-20-16(23)15-10-24-17(22-15)21-13-4-2-1-3-5-13/h1-8,10H,9H2,(H,20,23)(H,21,22). The Morgan fingerprint density at radius 3 is 2.75 bits per heavy atom. The third-order valence-electron chi connectivity index (χ3n) is 3.22. The minimum Gasteiger partial charge on any atom is -0.347 e. The molecule has 122 valence electrons. The minimum atomic E-state index is -0.411. The minimum absolute atomic E-state index is 0.205. The molecule has 0 aliphatic carbocycles. The number of amides is 1. The van der Waals surface area contributed by atoms with Gasteiger partial charge in [-0.2, -0.15) is 0 Å². The Hall–Kier alpha value is -2.44. The molecule has 24 heavy (non-hydrogen) atoms. The highest BCUT2D eigenvalue weighted by Gasteiger charge is 2.11. The molecule has 0 aliphatic heterocycles. The summed E-state index contributed by atoms with van der Waals surface area (Å²) in [5.74, 6) is -0.723. The van der Waals surface area contributed by atoms with Crippen molar-refractivity contribution >= 4 is 39.7 Å². The third-order valence-corrected chi connectivity index (χ3v) is 4.33. The Bertz CT molecular complexity index is 854. The van der Waals surface area contributed by atoms with Gasteiger partial charge in [0.25, 0.3) is 5.91 Å². The number of benzene rings is 2. The molecular formula is C17H13ClFN3OS. The fourth-order valence-electron chi connectivity index (χ4n) is 2.01. The first-order valence-electron chi connectivity index (χ1n) is 7.11. The third kappa shape index (κ3) is 4.10. The number of nitrogens with zero attached hydrogens (tertiary/aromatic N) is 1. The summed E-state index contributed by atoms with van der Waals surface area (Å²) in [5.41, 5.74) is 1.86. The van der Waals surface area contributed by atoms with Crippen molar-refractivity contribution in [1.29, 1.82) is 0 Å². The average Bonchev–Trinajstić information content (AvgIpc) is 3.03. The predicted octanol–water partition coefficient (Wildman–Crippen LogP) is 4.61. The van der Waals surface area contributed by atoms with Gasteiger partial charge in [-0.25, -0.2) is 9.37 Å². The summed E-state index contributed by atoms with van der Waals surface area (Å²) in [4.78, 5) is 16.4. The van der Waals surface area contributed by atoms with E-state index in [4.69, 9.17) is 11.6 Å². The van der Waals surface area contributed by atoms with Crippen LogP contribution in [0.5, 0.6) is 0 Å². The van der Waals surface area contributed by atoms with E-state index in [1.807, 2.05) is 30.3 Å². The second-order valence-corrected chi connectivity index (χ2v) is 6.21. The second kappa shape index (κ2) is 7.42. The van der Waals surface area contributed by atoms with Crippen LogP contribution in [-0.4, -0.2) is 10.9 Å². The van der Waals surface area contributed by atoms with Crippen molar-refractivity contribution < 1.29 is 9.18 Å². The number of hydrogen-bond donors (Lipinski definition) is 2. The molecule has 3 aromatic rings. The number of carbonyl (C=O) groups is 1. The maximum Gasteiger partial charge on any atom is 0.271 e. The van der Waals surface area contributed by atoms with E-state index in [1.54, 1.807) is 11.4 Å². The zero-order chi connectivity index (χ0) is 16.9. The van der Waals surface area contributed by atoms with Crippen LogP contribution in [0.15, 0.2) is 53.9 Å². The SMILES string of the molecule is O=C(NCc1ccc(F)cc1Cl)c1csc(Nc2ccccc2)n1. The molecular weight excluding hydrogens is 349 g/mol. The molecule has 0 radical (unpaired) electrons. The van der Waals surface area contributed by atoms with Crippen LogP contribution in [0.1, 0.15) is 16.1 Å². The van der Waals surface area contributed by atoms with E-state index in [1.165, 1.54) is 23.5 Å². The largest absolute Gasteiger partial charge is 0.347 e. The van der Waals surface area contributed by atoms with Gasteiger partial charge < -0.3 is 10.6 Å². The first-order valence-corrected chi connectivity index (χ1v) is 8.37. The maximum absolute atomic E-state index is 13.0. The molecule has 1 aromatic heterocycles. The molecule has 7 heteroatoms. The summed E-state index contributed by atoms with van der Waals surface area (Å²) in [6.45, 7) is 0.205. The normalized spacial score (nSPS) is 10.4. The highest BCUT2D eigenvalue weighted by atomic mass is 35.5. The van der Waals surface area contributed by atoms with Crippen LogP contribution in [0.25, 0.3) is 0 Å². The van der Waals surface area contributed by atoms with Gasteiger partial charge in [-0.3, -0.25) is 4.79 Å². The quantitative estimate of drug-likeness (QED) is 0.697. The smallest absolute Gasteiger partial charge is 0.271 e. The van der Waals surface area contributed by atoms with E-state index in [2.05, 4.69) is 15.6 Å². The van der Waals surface area contributed by atoms with Crippen molar-refractivity contribution in [3.63, 3.8) is 0 Å². The van der Waals surface area contributed by atoms with Crippen molar-refractivity contribution in [3.8, 4) is 0 Å². The molecule has 1 amide bonds. The fourth-order valence-corrected chi connectivity index (χ4v) is 2.96. The molecule has 0 aliphatic rings. The molecule has 0 bridgehead atoms. The second-order valence-electron chi connectivity index (χ2n) is 4.95.